The maximum absolute atomic E-state index is 11.8. The third kappa shape index (κ3) is 3.65. The van der Waals surface area contributed by atoms with Gasteiger partial charge in [0.2, 0.25) is 5.91 Å². The van der Waals surface area contributed by atoms with Gasteiger partial charge in [-0.1, -0.05) is 0 Å². The highest BCUT2D eigenvalue weighted by molar-refractivity contribution is 7.92. The molecule has 0 fully saturated rings. The molecule has 0 aliphatic heterocycles. The zero-order valence-electron chi connectivity index (χ0n) is 9.74. The lowest BCUT2D eigenvalue weighted by molar-refractivity contribution is -0.131. The van der Waals surface area contributed by atoms with Crippen LogP contribution in [0.15, 0.2) is 0 Å². The van der Waals surface area contributed by atoms with Crippen LogP contribution in [0.1, 0.15) is 20.8 Å². The van der Waals surface area contributed by atoms with E-state index in [0.29, 0.717) is 6.54 Å². The van der Waals surface area contributed by atoms with Crippen molar-refractivity contribution in [3.63, 3.8) is 0 Å². The molecule has 15 heavy (non-hydrogen) atoms. The van der Waals surface area contributed by atoms with E-state index in [4.69, 9.17) is 11.6 Å². The van der Waals surface area contributed by atoms with Gasteiger partial charge < -0.3 is 4.90 Å². The summed E-state index contributed by atoms with van der Waals surface area (Å²) in [7, 11) is -1.87. The number of sulfone groups is 1. The summed E-state index contributed by atoms with van der Waals surface area (Å²) in [5.41, 5.74) is 0. The van der Waals surface area contributed by atoms with Crippen LogP contribution in [-0.4, -0.2) is 49.2 Å². The fourth-order valence-electron chi connectivity index (χ4n) is 1.08. The summed E-state index contributed by atoms with van der Waals surface area (Å²) in [6, 6.07) is 0. The number of alkyl halides is 1. The van der Waals surface area contributed by atoms with Gasteiger partial charge in [0.25, 0.3) is 0 Å². The molecule has 1 unspecified atom stereocenters. The normalized spacial score (nSPS) is 14.8. The first-order valence-electron chi connectivity index (χ1n) is 4.59. The Bertz CT molecular complexity index is 335. The van der Waals surface area contributed by atoms with Crippen molar-refractivity contribution in [3.05, 3.63) is 0 Å². The molecule has 0 N–H and O–H groups in total. The smallest absolute Gasteiger partial charge is 0.243 e. The average molecular weight is 256 g/mol. The maximum Gasteiger partial charge on any atom is 0.243 e. The molecule has 0 bridgehead atoms. The van der Waals surface area contributed by atoms with Crippen LogP contribution in [-0.2, 0) is 14.6 Å². The Morgan fingerprint density at radius 1 is 1.47 bits per heavy atom. The Morgan fingerprint density at radius 2 is 1.87 bits per heavy atom. The summed E-state index contributed by atoms with van der Waals surface area (Å²) in [6.07, 6.45) is 1.06. The van der Waals surface area contributed by atoms with Crippen molar-refractivity contribution in [2.45, 2.75) is 30.9 Å². The van der Waals surface area contributed by atoms with Crippen LogP contribution in [0.3, 0.4) is 0 Å². The summed E-state index contributed by atoms with van der Waals surface area (Å²) in [5.74, 6) is -0.433. The van der Waals surface area contributed by atoms with Crippen LogP contribution in [0.2, 0.25) is 0 Å². The molecule has 0 saturated heterocycles. The Hall–Kier alpha value is -0.290. The van der Waals surface area contributed by atoms with Crippen molar-refractivity contribution in [1.29, 1.82) is 0 Å². The average Bonchev–Trinajstić information content (AvgIpc) is 1.99. The van der Waals surface area contributed by atoms with Gasteiger partial charge in [-0.2, -0.15) is 0 Å². The van der Waals surface area contributed by atoms with E-state index in [-0.39, 0.29) is 5.38 Å². The van der Waals surface area contributed by atoms with Gasteiger partial charge in [0.15, 0.2) is 9.84 Å². The summed E-state index contributed by atoms with van der Waals surface area (Å²) in [6.45, 7) is 4.89. The Balaban J connectivity index is 4.87. The second-order valence-electron chi connectivity index (χ2n) is 4.25. The number of amides is 1. The molecule has 0 spiro atoms. The molecule has 4 nitrogen and oxygen atoms in total. The highest BCUT2D eigenvalue weighted by Gasteiger charge is 2.40. The molecule has 0 saturated carbocycles. The third-order valence-electron chi connectivity index (χ3n) is 2.31. The molecule has 0 radical (unpaired) electrons. The number of halogens is 1. The van der Waals surface area contributed by atoms with Gasteiger partial charge >= 0.3 is 0 Å². The molecule has 6 heteroatoms. The summed E-state index contributed by atoms with van der Waals surface area (Å²) in [5, 5.41) is -0.200. The highest BCUT2D eigenvalue weighted by Crippen LogP contribution is 2.18. The van der Waals surface area contributed by atoms with Crippen molar-refractivity contribution in [2.24, 2.45) is 0 Å². The van der Waals surface area contributed by atoms with Gasteiger partial charge in [0, 0.05) is 25.2 Å². The number of carbonyl (C=O) groups is 1. The van der Waals surface area contributed by atoms with E-state index >= 15 is 0 Å². The molecule has 0 aromatic heterocycles. The second kappa shape index (κ2) is 4.70. The zero-order valence-corrected chi connectivity index (χ0v) is 11.3. The third-order valence-corrected chi connectivity index (χ3v) is 4.48. The molecule has 1 amide bonds. The minimum atomic E-state index is -3.42. The molecule has 90 valence electrons. The predicted octanol–water partition coefficient (Wildman–Crippen LogP) is 0.895. The monoisotopic (exact) mass is 255 g/mol. The number of hydrogen-bond acceptors (Lipinski definition) is 3. The van der Waals surface area contributed by atoms with Crippen LogP contribution in [0.4, 0.5) is 0 Å². The standard InChI is InChI=1S/C9H18ClNO3S/c1-7(10)6-11(4)8(12)9(2,3)15(5,13)14/h7H,6H2,1-5H3. The quantitative estimate of drug-likeness (QED) is 0.702. The number of carbonyl (C=O) groups excluding carboxylic acids is 1. The zero-order chi connectivity index (χ0) is 12.4. The van der Waals surface area contributed by atoms with E-state index in [1.165, 1.54) is 18.7 Å². The lowest BCUT2D eigenvalue weighted by atomic mass is 10.2. The second-order valence-corrected chi connectivity index (χ2v) is 7.56. The topological polar surface area (TPSA) is 54.5 Å². The first-order chi connectivity index (χ1) is 6.50. The number of nitrogens with zero attached hydrogens (tertiary/aromatic N) is 1. The van der Waals surface area contributed by atoms with Gasteiger partial charge in [-0.3, -0.25) is 4.79 Å². The summed E-state index contributed by atoms with van der Waals surface area (Å²) in [4.78, 5) is 13.2. The van der Waals surface area contributed by atoms with E-state index in [1.807, 2.05) is 0 Å². The minimum Gasteiger partial charge on any atom is -0.343 e. The van der Waals surface area contributed by atoms with E-state index in [1.54, 1.807) is 14.0 Å². The summed E-state index contributed by atoms with van der Waals surface area (Å²) < 4.78 is 21.4. The fourth-order valence-corrected chi connectivity index (χ4v) is 1.76. The van der Waals surface area contributed by atoms with Gasteiger partial charge in [-0.25, -0.2) is 8.42 Å². The highest BCUT2D eigenvalue weighted by atomic mass is 35.5. The Labute approximate surface area is 96.5 Å². The fraction of sp³-hybridized carbons (Fsp3) is 0.889. The number of hydrogen-bond donors (Lipinski definition) is 0. The lowest BCUT2D eigenvalue weighted by Gasteiger charge is -2.28. The Kier molecular flexibility index (Phi) is 4.61. The van der Waals surface area contributed by atoms with Crippen LogP contribution < -0.4 is 0 Å². The predicted molar refractivity (Wildman–Crippen MR) is 61.9 cm³/mol. The van der Waals surface area contributed by atoms with E-state index < -0.39 is 20.5 Å². The molecule has 0 aromatic rings. The van der Waals surface area contributed by atoms with Crippen molar-refractivity contribution < 1.29 is 13.2 Å². The van der Waals surface area contributed by atoms with Crippen molar-refractivity contribution in [2.75, 3.05) is 19.8 Å². The van der Waals surface area contributed by atoms with Gasteiger partial charge in [0.1, 0.15) is 4.75 Å². The van der Waals surface area contributed by atoms with Crippen LogP contribution in [0.25, 0.3) is 0 Å². The molecule has 1 atom stereocenters. The lowest BCUT2D eigenvalue weighted by Crippen LogP contribution is -2.49. The largest absolute Gasteiger partial charge is 0.343 e. The molecule has 0 aliphatic carbocycles. The first kappa shape index (κ1) is 14.7. The SMILES string of the molecule is CC(Cl)CN(C)C(=O)C(C)(C)S(C)(=O)=O. The van der Waals surface area contributed by atoms with Gasteiger partial charge in [-0.05, 0) is 20.8 Å². The van der Waals surface area contributed by atoms with Crippen molar-refractivity contribution in [1.82, 2.24) is 4.90 Å². The summed E-state index contributed by atoms with van der Waals surface area (Å²) >= 11 is 5.74. The number of rotatable bonds is 4. The van der Waals surface area contributed by atoms with Gasteiger partial charge in [-0.15, -0.1) is 11.6 Å². The van der Waals surface area contributed by atoms with E-state index in [2.05, 4.69) is 0 Å². The van der Waals surface area contributed by atoms with Crippen LogP contribution in [0, 0.1) is 0 Å². The van der Waals surface area contributed by atoms with Crippen LogP contribution >= 0.6 is 11.6 Å². The molecular formula is C9H18ClNO3S. The molecule has 0 aromatic carbocycles. The van der Waals surface area contributed by atoms with Crippen LogP contribution in [0.5, 0.6) is 0 Å². The molecule has 0 rings (SSSR count). The van der Waals surface area contributed by atoms with Crippen molar-refractivity contribution >= 4 is 27.3 Å². The first-order valence-corrected chi connectivity index (χ1v) is 6.92. The Morgan fingerprint density at radius 3 is 2.13 bits per heavy atom. The van der Waals surface area contributed by atoms with Gasteiger partial charge in [0.05, 0.1) is 0 Å². The van der Waals surface area contributed by atoms with Crippen molar-refractivity contribution in [3.8, 4) is 0 Å². The minimum absolute atomic E-state index is 0.200. The maximum atomic E-state index is 11.8. The van der Waals surface area contributed by atoms with E-state index in [9.17, 15) is 13.2 Å². The molecule has 0 aliphatic rings. The molecular weight excluding hydrogens is 238 g/mol. The molecule has 0 heterocycles. The van der Waals surface area contributed by atoms with E-state index in [0.717, 1.165) is 6.26 Å².